The molecule has 0 aliphatic carbocycles. The number of halogens is 2. The Kier molecular flexibility index (Phi) is 11.9. The van der Waals surface area contributed by atoms with E-state index in [1.54, 1.807) is 36.9 Å². The van der Waals surface area contributed by atoms with Gasteiger partial charge in [-0.2, -0.15) is 0 Å². The van der Waals surface area contributed by atoms with E-state index in [0.717, 1.165) is 41.1 Å². The lowest BCUT2D eigenvalue weighted by Crippen LogP contribution is -2.54. The Bertz CT molecular complexity index is 2800. The topological polar surface area (TPSA) is 229 Å². The number of pyridine rings is 2. The van der Waals surface area contributed by atoms with Crippen molar-refractivity contribution in [2.24, 2.45) is 5.73 Å². The molecule has 2 aromatic carbocycles. The molecule has 0 radical (unpaired) electrons. The molecule has 3 aliphatic heterocycles. The van der Waals surface area contributed by atoms with E-state index in [9.17, 15) is 19.2 Å². The number of imide groups is 2. The van der Waals surface area contributed by atoms with Crippen molar-refractivity contribution in [2.45, 2.75) is 69.5 Å². The number of nitrogens with one attached hydrogen (secondary N) is 2. The number of carbonyl (C=O) groups is 4. The first-order valence-corrected chi connectivity index (χ1v) is 21.6. The molecule has 4 aromatic heterocycles. The number of nitrogens with two attached hydrogens (primary N) is 2. The van der Waals surface area contributed by atoms with Gasteiger partial charge >= 0.3 is 0 Å². The lowest BCUT2D eigenvalue weighted by atomic mass is 9.86. The van der Waals surface area contributed by atoms with Crippen LogP contribution in [0.3, 0.4) is 0 Å². The average molecular weight is 885 g/mol. The van der Waals surface area contributed by atoms with Crippen molar-refractivity contribution in [3.8, 4) is 17.0 Å². The largest absolute Gasteiger partial charge is 0.488 e. The molecule has 65 heavy (non-hydrogen) atoms. The quantitative estimate of drug-likeness (QED) is 0.0778. The molecule has 2 atom stereocenters. The maximum atomic E-state index is 15.6. The predicted octanol–water partition coefficient (Wildman–Crippen LogP) is 5.10. The van der Waals surface area contributed by atoms with Crippen molar-refractivity contribution in [3.63, 3.8) is 0 Å². The molecule has 2 saturated heterocycles. The van der Waals surface area contributed by atoms with Gasteiger partial charge in [-0.05, 0) is 80.1 Å². The van der Waals surface area contributed by atoms with Gasteiger partial charge in [0.1, 0.15) is 17.9 Å². The molecule has 7 heterocycles. The summed E-state index contributed by atoms with van der Waals surface area (Å²) in [5.41, 5.74) is 17.2. The number of aromatic nitrogens is 6. The molecule has 17 nitrogen and oxygen atoms in total. The van der Waals surface area contributed by atoms with Gasteiger partial charge in [0.25, 0.3) is 11.8 Å². The Morgan fingerprint density at radius 2 is 1.75 bits per heavy atom. The normalized spacial score (nSPS) is 18.6. The van der Waals surface area contributed by atoms with Crippen molar-refractivity contribution in [3.05, 3.63) is 114 Å². The highest BCUT2D eigenvalue weighted by atomic mass is 19.1. The third kappa shape index (κ3) is 8.53. The number of anilines is 3. The summed E-state index contributed by atoms with van der Waals surface area (Å²) in [7, 11) is 0. The standard InChI is InChI=1S/C46H46F2N12O5/c47-30-19-27(20-31(48)40(30)65-18-6-2-1-4-15-51-32-10-7-9-29-38(32)45(64)60(44(29)63)34-12-13-37(61)57-43(34)62)33-21-28(23-59-26-56-39-41(49)54-25-55-42(39)59)35(22-53-33)58-17-8-14-46(50,24-58)36-11-3-5-16-52-36/h3,5,7,9-11,16,19-22,25-26,34,51H,1-2,4,6,8,12-15,17-18,23-24,50H2,(H2,49,54,55)(H,57,61,62)/t34?,46-/m1/s1. The first kappa shape index (κ1) is 42.9. The molecule has 334 valence electrons. The van der Waals surface area contributed by atoms with Gasteiger partial charge in [-0.25, -0.2) is 23.7 Å². The number of nitrogens with zero attached hydrogens (tertiary/aromatic N) is 8. The van der Waals surface area contributed by atoms with Crippen LogP contribution in [0.1, 0.15) is 83.3 Å². The van der Waals surface area contributed by atoms with Crippen LogP contribution in [0.25, 0.3) is 22.4 Å². The fourth-order valence-corrected chi connectivity index (χ4v) is 8.90. The van der Waals surface area contributed by atoms with Gasteiger partial charge in [0.15, 0.2) is 28.8 Å². The van der Waals surface area contributed by atoms with Gasteiger partial charge < -0.3 is 31.0 Å². The first-order valence-electron chi connectivity index (χ1n) is 21.6. The smallest absolute Gasteiger partial charge is 0.264 e. The van der Waals surface area contributed by atoms with Crippen molar-refractivity contribution in [1.29, 1.82) is 0 Å². The fraction of sp³-hybridized carbons (Fsp3) is 0.326. The molecule has 19 heteroatoms. The highest BCUT2D eigenvalue weighted by Gasteiger charge is 2.45. The number of benzene rings is 2. The summed E-state index contributed by atoms with van der Waals surface area (Å²) in [6, 6.07) is 13.8. The molecule has 9 rings (SSSR count). The Morgan fingerprint density at radius 3 is 2.55 bits per heavy atom. The van der Waals surface area contributed by atoms with E-state index in [2.05, 4.69) is 35.5 Å². The monoisotopic (exact) mass is 884 g/mol. The molecular weight excluding hydrogens is 839 g/mol. The Balaban J connectivity index is 0.827. The molecule has 3 aliphatic rings. The van der Waals surface area contributed by atoms with Gasteiger partial charge in [0.2, 0.25) is 11.8 Å². The fourth-order valence-electron chi connectivity index (χ4n) is 8.90. The number of fused-ring (bicyclic) bond motifs is 2. The zero-order valence-electron chi connectivity index (χ0n) is 35.3. The van der Waals surface area contributed by atoms with Gasteiger partial charge in [0.05, 0.1) is 59.4 Å². The second kappa shape index (κ2) is 18.0. The van der Waals surface area contributed by atoms with E-state index in [4.69, 9.17) is 21.2 Å². The minimum Gasteiger partial charge on any atom is -0.488 e. The highest BCUT2D eigenvalue weighted by Crippen LogP contribution is 2.36. The van der Waals surface area contributed by atoms with Crippen LogP contribution in [-0.2, 0) is 21.7 Å². The summed E-state index contributed by atoms with van der Waals surface area (Å²) in [5.74, 6) is -4.20. The minimum absolute atomic E-state index is 0.0379. The molecule has 6 N–H and O–H groups in total. The van der Waals surface area contributed by atoms with Crippen LogP contribution >= 0.6 is 0 Å². The molecular formula is C46H46F2N12O5. The van der Waals surface area contributed by atoms with E-state index < -0.39 is 52.6 Å². The van der Waals surface area contributed by atoms with Crippen molar-refractivity contribution in [1.82, 2.24) is 39.7 Å². The maximum absolute atomic E-state index is 15.6. The summed E-state index contributed by atoms with van der Waals surface area (Å²) in [6.45, 7) is 2.04. The second-order valence-electron chi connectivity index (χ2n) is 16.5. The van der Waals surface area contributed by atoms with Crippen molar-refractivity contribution in [2.75, 3.05) is 42.2 Å². The van der Waals surface area contributed by atoms with Gasteiger partial charge in [-0.1, -0.05) is 25.0 Å². The van der Waals surface area contributed by atoms with Crippen LogP contribution in [0.5, 0.6) is 5.75 Å². The van der Waals surface area contributed by atoms with Crippen molar-refractivity contribution < 1.29 is 32.7 Å². The summed E-state index contributed by atoms with van der Waals surface area (Å²) in [4.78, 5) is 75.8. The van der Waals surface area contributed by atoms with Crippen LogP contribution in [0, 0.1) is 11.6 Å². The van der Waals surface area contributed by atoms with E-state index in [-0.39, 0.29) is 48.5 Å². The molecule has 1 unspecified atom stereocenters. The molecule has 4 amide bonds. The van der Waals surface area contributed by atoms with E-state index in [0.29, 0.717) is 61.4 Å². The first-order chi connectivity index (χ1) is 31.5. The number of hydrogen-bond acceptors (Lipinski definition) is 14. The molecule has 0 bridgehead atoms. The summed E-state index contributed by atoms with van der Waals surface area (Å²) in [5, 5.41) is 5.43. The lowest BCUT2D eigenvalue weighted by Gasteiger charge is -2.41. The number of ether oxygens (including phenoxy) is 1. The molecule has 0 saturated carbocycles. The van der Waals surface area contributed by atoms with Gasteiger partial charge in [0, 0.05) is 43.5 Å². The van der Waals surface area contributed by atoms with E-state index in [1.165, 1.54) is 18.5 Å². The molecule has 0 spiro atoms. The number of unbranched alkanes of at least 4 members (excludes halogenated alkanes) is 3. The van der Waals surface area contributed by atoms with Crippen LogP contribution in [0.4, 0.5) is 26.0 Å². The third-order valence-electron chi connectivity index (χ3n) is 12.2. The zero-order valence-corrected chi connectivity index (χ0v) is 35.3. The second-order valence-corrected chi connectivity index (χ2v) is 16.5. The summed E-state index contributed by atoms with van der Waals surface area (Å²) in [6.07, 6.45) is 10.8. The SMILES string of the molecule is Nc1ncnc2c1ncn2Cc1cc(-c2cc(F)c(OCCCCCCNc3cccc4c3C(=O)N(C3CCC(=O)NC3=O)C4=O)c(F)c2)ncc1N1CCC[C@](N)(c2ccccn2)C1. The minimum atomic E-state index is -1.05. The van der Waals surface area contributed by atoms with Crippen LogP contribution in [0.15, 0.2) is 79.6 Å². The molecule has 6 aromatic rings. The Morgan fingerprint density at radius 1 is 0.923 bits per heavy atom. The Labute approximate surface area is 371 Å². The van der Waals surface area contributed by atoms with Gasteiger partial charge in [-0.3, -0.25) is 39.4 Å². The number of amides is 4. The number of imidazole rings is 1. The van der Waals surface area contributed by atoms with E-state index in [1.807, 2.05) is 28.8 Å². The zero-order chi connectivity index (χ0) is 45.2. The van der Waals surface area contributed by atoms with E-state index >= 15 is 8.78 Å². The number of carbonyl (C=O) groups excluding carboxylic acids is 4. The highest BCUT2D eigenvalue weighted by molar-refractivity contribution is 6.25. The van der Waals surface area contributed by atoms with Gasteiger partial charge in [-0.15, -0.1) is 0 Å². The predicted molar refractivity (Wildman–Crippen MR) is 236 cm³/mol. The number of hydrogen-bond donors (Lipinski definition) is 4. The van der Waals surface area contributed by atoms with Crippen LogP contribution in [0.2, 0.25) is 0 Å². The Hall–Kier alpha value is -7.41. The van der Waals surface area contributed by atoms with Crippen LogP contribution < -0.4 is 31.7 Å². The lowest BCUT2D eigenvalue weighted by molar-refractivity contribution is -0.136. The average Bonchev–Trinajstić information content (AvgIpc) is 3.83. The third-order valence-corrected chi connectivity index (χ3v) is 12.2. The van der Waals surface area contributed by atoms with Crippen LogP contribution in [-0.4, -0.2) is 90.3 Å². The number of nitrogen functional groups attached to an aromatic ring is 1. The molecule has 2 fully saturated rings. The number of piperidine rings is 2. The summed E-state index contributed by atoms with van der Waals surface area (Å²) < 4.78 is 38.7. The van der Waals surface area contributed by atoms with Crippen molar-refractivity contribution >= 4 is 52.0 Å². The summed E-state index contributed by atoms with van der Waals surface area (Å²) >= 11 is 0. The maximum Gasteiger partial charge on any atom is 0.264 e. The number of rotatable bonds is 15.